The zero-order valence-electron chi connectivity index (χ0n) is 14.1. The Bertz CT molecular complexity index is 415. The summed E-state index contributed by atoms with van der Waals surface area (Å²) in [5, 5.41) is 3.49. The topological polar surface area (TPSA) is 18.5 Å². The molecule has 2 unspecified atom stereocenters. The smallest absolute Gasteiger partial charge is 0.0446 e. The minimum atomic E-state index is 0.427. The Morgan fingerprint density at radius 3 is 2.52 bits per heavy atom. The molecule has 1 aromatic carbocycles. The van der Waals surface area contributed by atoms with Crippen molar-refractivity contribution in [2.45, 2.75) is 38.8 Å². The summed E-state index contributed by atoms with van der Waals surface area (Å²) in [6.45, 7) is 9.17. The van der Waals surface area contributed by atoms with Gasteiger partial charge in [0.1, 0.15) is 0 Å². The van der Waals surface area contributed by atoms with Gasteiger partial charge in [0, 0.05) is 38.3 Å². The molecule has 1 saturated heterocycles. The molecule has 2 atom stereocenters. The number of hydrogen-bond acceptors (Lipinski definition) is 3. The third kappa shape index (κ3) is 4.53. The number of rotatable bonds is 6. The molecule has 21 heavy (non-hydrogen) atoms. The number of aryl methyl sites for hydroxylation is 1. The molecule has 1 aliphatic rings. The molecule has 0 saturated carbocycles. The summed E-state index contributed by atoms with van der Waals surface area (Å²) in [7, 11) is 4.30. The van der Waals surface area contributed by atoms with Gasteiger partial charge in [-0.05, 0) is 38.6 Å². The lowest BCUT2D eigenvalue weighted by molar-refractivity contribution is 0.0977. The number of piperazine rings is 1. The Morgan fingerprint density at radius 2 is 1.95 bits per heavy atom. The van der Waals surface area contributed by atoms with Gasteiger partial charge in [-0.1, -0.05) is 37.6 Å². The molecule has 3 heteroatoms. The molecule has 1 aliphatic heterocycles. The second-order valence-electron chi connectivity index (χ2n) is 6.42. The molecule has 0 spiro atoms. The van der Waals surface area contributed by atoms with E-state index in [1.807, 2.05) is 0 Å². The van der Waals surface area contributed by atoms with Crippen molar-refractivity contribution < 1.29 is 0 Å². The summed E-state index contributed by atoms with van der Waals surface area (Å²) >= 11 is 0. The van der Waals surface area contributed by atoms with Crippen molar-refractivity contribution >= 4 is 0 Å². The number of likely N-dealkylation sites (N-methyl/N-ethyl adjacent to an activating group) is 2. The van der Waals surface area contributed by atoms with Crippen LogP contribution in [0.15, 0.2) is 24.3 Å². The van der Waals surface area contributed by atoms with Crippen LogP contribution < -0.4 is 5.32 Å². The van der Waals surface area contributed by atoms with Crippen molar-refractivity contribution in [2.24, 2.45) is 0 Å². The minimum Gasteiger partial charge on any atom is -0.312 e. The maximum Gasteiger partial charge on any atom is 0.0446 e. The maximum atomic E-state index is 3.49. The van der Waals surface area contributed by atoms with Crippen LogP contribution >= 0.6 is 0 Å². The molecule has 0 aliphatic carbocycles. The second-order valence-corrected chi connectivity index (χ2v) is 6.42. The molecule has 1 fully saturated rings. The molecule has 0 bridgehead atoms. The van der Waals surface area contributed by atoms with Crippen LogP contribution in [-0.2, 0) is 6.42 Å². The molecule has 1 N–H and O–H groups in total. The van der Waals surface area contributed by atoms with Crippen LogP contribution in [0.5, 0.6) is 0 Å². The number of hydrogen-bond donors (Lipinski definition) is 1. The highest BCUT2D eigenvalue weighted by Crippen LogP contribution is 2.18. The lowest BCUT2D eigenvalue weighted by atomic mass is 10.0. The molecule has 2 rings (SSSR count). The van der Waals surface area contributed by atoms with Crippen LogP contribution in [0.3, 0.4) is 0 Å². The average molecular weight is 289 g/mol. The highest BCUT2D eigenvalue weighted by molar-refractivity contribution is 5.25. The van der Waals surface area contributed by atoms with Gasteiger partial charge < -0.3 is 10.2 Å². The van der Waals surface area contributed by atoms with Gasteiger partial charge in [-0.25, -0.2) is 0 Å². The Hall–Kier alpha value is -0.900. The summed E-state index contributed by atoms with van der Waals surface area (Å²) in [5.41, 5.74) is 2.85. The van der Waals surface area contributed by atoms with Crippen LogP contribution in [0.4, 0.5) is 0 Å². The molecule has 0 aromatic heterocycles. The van der Waals surface area contributed by atoms with Gasteiger partial charge in [0.15, 0.2) is 0 Å². The Labute approximate surface area is 130 Å². The monoisotopic (exact) mass is 289 g/mol. The largest absolute Gasteiger partial charge is 0.312 e. The predicted octanol–water partition coefficient (Wildman–Crippen LogP) is 2.54. The van der Waals surface area contributed by atoms with E-state index in [1.54, 1.807) is 0 Å². The van der Waals surface area contributed by atoms with Crippen LogP contribution in [0.1, 0.15) is 37.4 Å². The molecule has 0 amide bonds. The highest BCUT2D eigenvalue weighted by atomic mass is 15.3. The summed E-state index contributed by atoms with van der Waals surface area (Å²) in [5.74, 6) is 0. The van der Waals surface area contributed by atoms with E-state index in [9.17, 15) is 0 Å². The first kappa shape index (κ1) is 16.5. The molecule has 1 aromatic rings. The van der Waals surface area contributed by atoms with Gasteiger partial charge in [-0.15, -0.1) is 0 Å². The molecule has 3 nitrogen and oxygen atoms in total. The quantitative estimate of drug-likeness (QED) is 0.868. The number of nitrogens with zero attached hydrogens (tertiary/aromatic N) is 2. The first-order valence-electron chi connectivity index (χ1n) is 8.32. The Kier molecular flexibility index (Phi) is 6.22. The third-order valence-electron chi connectivity index (χ3n) is 4.75. The van der Waals surface area contributed by atoms with Crippen LogP contribution in [0.25, 0.3) is 0 Å². The third-order valence-corrected chi connectivity index (χ3v) is 4.75. The highest BCUT2D eigenvalue weighted by Gasteiger charge is 2.23. The summed E-state index contributed by atoms with van der Waals surface area (Å²) < 4.78 is 0. The van der Waals surface area contributed by atoms with Gasteiger partial charge in [-0.2, -0.15) is 0 Å². The Morgan fingerprint density at radius 1 is 1.24 bits per heavy atom. The number of benzene rings is 1. The van der Waals surface area contributed by atoms with Crippen molar-refractivity contribution in [1.29, 1.82) is 0 Å². The summed E-state index contributed by atoms with van der Waals surface area (Å²) in [6.07, 6.45) is 2.40. The lowest BCUT2D eigenvalue weighted by Gasteiger charge is -2.39. The van der Waals surface area contributed by atoms with Gasteiger partial charge in [0.2, 0.25) is 0 Å². The molecule has 118 valence electrons. The van der Waals surface area contributed by atoms with E-state index in [-0.39, 0.29) is 0 Å². The summed E-state index contributed by atoms with van der Waals surface area (Å²) in [6, 6.07) is 10.3. The first-order chi connectivity index (χ1) is 10.1. The van der Waals surface area contributed by atoms with Gasteiger partial charge in [-0.3, -0.25) is 4.90 Å². The Balaban J connectivity index is 1.96. The zero-order chi connectivity index (χ0) is 15.2. The van der Waals surface area contributed by atoms with E-state index in [0.717, 1.165) is 6.54 Å². The van der Waals surface area contributed by atoms with E-state index in [4.69, 9.17) is 0 Å². The first-order valence-corrected chi connectivity index (χ1v) is 8.32. The maximum absolute atomic E-state index is 3.49. The van der Waals surface area contributed by atoms with Crippen molar-refractivity contribution in [3.63, 3.8) is 0 Å². The minimum absolute atomic E-state index is 0.427. The zero-order valence-corrected chi connectivity index (χ0v) is 14.1. The number of nitrogens with one attached hydrogen (secondary N) is 1. The van der Waals surface area contributed by atoms with Gasteiger partial charge >= 0.3 is 0 Å². The van der Waals surface area contributed by atoms with Crippen LogP contribution in [-0.4, -0.2) is 56.1 Å². The van der Waals surface area contributed by atoms with Gasteiger partial charge in [0.05, 0.1) is 0 Å². The van der Waals surface area contributed by atoms with E-state index < -0.39 is 0 Å². The van der Waals surface area contributed by atoms with Gasteiger partial charge in [0.25, 0.3) is 0 Å². The molecular weight excluding hydrogens is 258 g/mol. The SMILES string of the molecule is CCCc1ccc(C(CN2CCN(C)C(C)C2)NC)cc1. The van der Waals surface area contributed by atoms with E-state index in [0.29, 0.717) is 12.1 Å². The van der Waals surface area contributed by atoms with Crippen molar-refractivity contribution in [3.05, 3.63) is 35.4 Å². The standard InChI is InChI=1S/C18H31N3/c1-5-6-16-7-9-17(10-8-16)18(19-3)14-21-12-11-20(4)15(2)13-21/h7-10,15,18-19H,5-6,11-14H2,1-4H3. The summed E-state index contributed by atoms with van der Waals surface area (Å²) in [4.78, 5) is 5.04. The fourth-order valence-electron chi connectivity index (χ4n) is 3.12. The molecular formula is C18H31N3. The molecule has 0 radical (unpaired) electrons. The van der Waals surface area contributed by atoms with Crippen LogP contribution in [0.2, 0.25) is 0 Å². The van der Waals surface area contributed by atoms with Crippen LogP contribution in [0, 0.1) is 0 Å². The van der Waals surface area contributed by atoms with Crippen molar-refractivity contribution in [3.8, 4) is 0 Å². The predicted molar refractivity (Wildman–Crippen MR) is 90.8 cm³/mol. The fraction of sp³-hybridized carbons (Fsp3) is 0.667. The molecule has 1 heterocycles. The van der Waals surface area contributed by atoms with E-state index in [2.05, 4.69) is 67.3 Å². The van der Waals surface area contributed by atoms with E-state index >= 15 is 0 Å². The van der Waals surface area contributed by atoms with E-state index in [1.165, 1.54) is 43.6 Å². The van der Waals surface area contributed by atoms with Crippen molar-refractivity contribution in [1.82, 2.24) is 15.1 Å². The lowest BCUT2D eigenvalue weighted by Crippen LogP contribution is -2.51. The average Bonchev–Trinajstić information content (AvgIpc) is 2.50. The normalized spacial score (nSPS) is 22.4. The fourth-order valence-corrected chi connectivity index (χ4v) is 3.12. The van der Waals surface area contributed by atoms with Crippen molar-refractivity contribution in [2.75, 3.05) is 40.3 Å². The second kappa shape index (κ2) is 7.92.